The second-order valence-corrected chi connectivity index (χ2v) is 7.35. The number of aliphatic hydroxyl groups is 1. The van der Waals surface area contributed by atoms with Gasteiger partial charge >= 0.3 is 0 Å². The summed E-state index contributed by atoms with van der Waals surface area (Å²) in [6.07, 6.45) is 12.1. The molecule has 1 aromatic carbocycles. The summed E-state index contributed by atoms with van der Waals surface area (Å²) in [5, 5.41) is 9.51. The molecule has 0 saturated heterocycles. The Morgan fingerprint density at radius 2 is 1.83 bits per heavy atom. The van der Waals surface area contributed by atoms with Crippen LogP contribution in [0.5, 0.6) is 5.75 Å². The van der Waals surface area contributed by atoms with E-state index in [0.717, 1.165) is 37.5 Å². The summed E-state index contributed by atoms with van der Waals surface area (Å²) in [6, 6.07) is 8.33. The third kappa shape index (κ3) is 7.85. The van der Waals surface area contributed by atoms with Gasteiger partial charge in [-0.1, -0.05) is 44.2 Å². The summed E-state index contributed by atoms with van der Waals surface area (Å²) in [6.45, 7) is 2.48. The first-order chi connectivity index (χ1) is 11.0. The fraction of sp³-hybridized carbons (Fsp3) is 0.700. The van der Waals surface area contributed by atoms with Crippen LogP contribution in [0.2, 0.25) is 0 Å². The summed E-state index contributed by atoms with van der Waals surface area (Å²) in [5.74, 6) is 1.90. The lowest BCUT2D eigenvalue weighted by molar-refractivity contribution is 0.0559. The minimum absolute atomic E-state index is 0.617. The van der Waals surface area contributed by atoms with E-state index >= 15 is 0 Å². The van der Waals surface area contributed by atoms with Gasteiger partial charge in [-0.2, -0.15) is 0 Å². The van der Waals surface area contributed by atoms with Crippen molar-refractivity contribution < 1.29 is 9.84 Å². The predicted molar refractivity (Wildman–Crippen MR) is 95.5 cm³/mol. The van der Waals surface area contributed by atoms with Gasteiger partial charge in [0.15, 0.2) is 0 Å². The largest absolute Gasteiger partial charge is 0.494 e. The van der Waals surface area contributed by atoms with Crippen LogP contribution in [0, 0.1) is 5.92 Å². The molecule has 2 rings (SSSR count). The van der Waals surface area contributed by atoms with Crippen molar-refractivity contribution in [3.8, 4) is 5.75 Å². The van der Waals surface area contributed by atoms with Gasteiger partial charge in [0.05, 0.1) is 6.61 Å². The lowest BCUT2D eigenvalue weighted by Gasteiger charge is -2.21. The monoisotopic (exact) mass is 319 g/mol. The Morgan fingerprint density at radius 3 is 2.48 bits per heavy atom. The lowest BCUT2D eigenvalue weighted by atomic mass is 9.86. The molecular weight excluding hydrogens is 286 g/mol. The van der Waals surface area contributed by atoms with Gasteiger partial charge in [-0.15, -0.1) is 0 Å². The van der Waals surface area contributed by atoms with Crippen molar-refractivity contribution >= 4 is 0 Å². The van der Waals surface area contributed by atoms with Crippen LogP contribution in [0.15, 0.2) is 24.3 Å². The van der Waals surface area contributed by atoms with E-state index in [2.05, 4.69) is 24.3 Å². The number of rotatable bonds is 9. The van der Waals surface area contributed by atoms with Crippen molar-refractivity contribution in [2.24, 2.45) is 11.7 Å². The summed E-state index contributed by atoms with van der Waals surface area (Å²) >= 11 is 0. The second kappa shape index (κ2) is 9.29. The number of nitrogens with two attached hydrogens (primary N) is 1. The molecular formula is C20H33NO2. The highest BCUT2D eigenvalue weighted by atomic mass is 16.5. The summed E-state index contributed by atoms with van der Waals surface area (Å²) < 4.78 is 5.85. The third-order valence-corrected chi connectivity index (χ3v) is 4.82. The fourth-order valence-corrected chi connectivity index (χ4v) is 3.44. The molecule has 3 N–H and O–H groups in total. The van der Waals surface area contributed by atoms with Gasteiger partial charge in [0, 0.05) is 0 Å². The first-order valence-electron chi connectivity index (χ1n) is 9.26. The van der Waals surface area contributed by atoms with E-state index in [1.807, 2.05) is 0 Å². The summed E-state index contributed by atoms with van der Waals surface area (Å²) in [7, 11) is 0. The Labute approximate surface area is 141 Å². The van der Waals surface area contributed by atoms with Crippen LogP contribution in [0.25, 0.3) is 0 Å². The highest BCUT2D eigenvalue weighted by Gasteiger charge is 2.13. The maximum Gasteiger partial charge on any atom is 0.119 e. The molecule has 1 aliphatic carbocycles. The van der Waals surface area contributed by atoms with E-state index < -0.39 is 5.72 Å². The Balaban J connectivity index is 1.60. The first-order valence-corrected chi connectivity index (χ1v) is 9.26. The molecule has 0 radical (unpaired) electrons. The summed E-state index contributed by atoms with van der Waals surface area (Å²) in [5.41, 5.74) is 5.79. The standard InChI is InChI=1S/C20H33NO2/c1-20(21,22)15-5-9-18-11-13-19(14-12-18)23-16-6-10-17-7-3-2-4-8-17/h11-14,17,22H,2-10,15-16,21H2,1H3. The Bertz CT molecular complexity index is 430. The van der Waals surface area contributed by atoms with E-state index in [4.69, 9.17) is 10.5 Å². The normalized spacial score (nSPS) is 18.6. The van der Waals surface area contributed by atoms with Crippen molar-refractivity contribution in [2.75, 3.05) is 6.61 Å². The topological polar surface area (TPSA) is 55.5 Å². The molecule has 130 valence electrons. The van der Waals surface area contributed by atoms with Crippen LogP contribution in [-0.4, -0.2) is 17.4 Å². The van der Waals surface area contributed by atoms with E-state index in [-0.39, 0.29) is 0 Å². The van der Waals surface area contributed by atoms with Crippen molar-refractivity contribution in [1.29, 1.82) is 0 Å². The predicted octanol–water partition coefficient (Wildman–Crippen LogP) is 4.42. The van der Waals surface area contributed by atoms with Crippen LogP contribution in [0.3, 0.4) is 0 Å². The van der Waals surface area contributed by atoms with Gasteiger partial charge in [-0.05, 0) is 62.6 Å². The number of benzene rings is 1. The lowest BCUT2D eigenvalue weighted by Crippen LogP contribution is -2.35. The number of hydrogen-bond acceptors (Lipinski definition) is 3. The van der Waals surface area contributed by atoms with Crippen molar-refractivity contribution in [2.45, 2.75) is 76.9 Å². The Hall–Kier alpha value is -1.06. The quantitative estimate of drug-likeness (QED) is 0.523. The molecule has 0 heterocycles. The molecule has 0 amide bonds. The Morgan fingerprint density at radius 1 is 1.13 bits per heavy atom. The van der Waals surface area contributed by atoms with Crippen molar-refractivity contribution in [3.05, 3.63) is 29.8 Å². The molecule has 0 bridgehead atoms. The molecule has 3 heteroatoms. The summed E-state index contributed by atoms with van der Waals surface area (Å²) in [4.78, 5) is 0. The molecule has 0 spiro atoms. The molecule has 1 unspecified atom stereocenters. The van der Waals surface area contributed by atoms with Gasteiger partial charge in [0.1, 0.15) is 11.5 Å². The molecule has 1 aromatic rings. The van der Waals surface area contributed by atoms with E-state index in [1.165, 1.54) is 44.1 Å². The van der Waals surface area contributed by atoms with E-state index in [1.54, 1.807) is 6.92 Å². The molecule has 0 aliphatic heterocycles. The smallest absolute Gasteiger partial charge is 0.119 e. The molecule has 1 atom stereocenters. The second-order valence-electron chi connectivity index (χ2n) is 7.35. The Kier molecular flexibility index (Phi) is 7.38. The first kappa shape index (κ1) is 18.3. The average Bonchev–Trinajstić information content (AvgIpc) is 2.53. The molecule has 1 fully saturated rings. The van der Waals surface area contributed by atoms with Gasteiger partial charge in [0.25, 0.3) is 0 Å². The zero-order chi connectivity index (χ0) is 16.5. The zero-order valence-electron chi connectivity index (χ0n) is 14.6. The maximum atomic E-state index is 9.51. The minimum atomic E-state index is -1.05. The highest BCUT2D eigenvalue weighted by molar-refractivity contribution is 5.27. The van der Waals surface area contributed by atoms with E-state index in [9.17, 15) is 5.11 Å². The average molecular weight is 319 g/mol. The third-order valence-electron chi connectivity index (χ3n) is 4.82. The zero-order valence-corrected chi connectivity index (χ0v) is 14.6. The van der Waals surface area contributed by atoms with Crippen molar-refractivity contribution in [1.82, 2.24) is 0 Å². The number of hydrogen-bond donors (Lipinski definition) is 2. The molecule has 1 aliphatic rings. The minimum Gasteiger partial charge on any atom is -0.494 e. The van der Waals surface area contributed by atoms with Crippen LogP contribution in [0.4, 0.5) is 0 Å². The van der Waals surface area contributed by atoms with Crippen LogP contribution >= 0.6 is 0 Å². The number of aryl methyl sites for hydroxylation is 1. The van der Waals surface area contributed by atoms with E-state index in [0.29, 0.717) is 6.42 Å². The van der Waals surface area contributed by atoms with Gasteiger partial charge in [-0.3, -0.25) is 0 Å². The van der Waals surface area contributed by atoms with Crippen molar-refractivity contribution in [3.63, 3.8) is 0 Å². The van der Waals surface area contributed by atoms with Gasteiger partial charge < -0.3 is 15.6 Å². The molecule has 0 aromatic heterocycles. The maximum absolute atomic E-state index is 9.51. The SMILES string of the molecule is CC(N)(O)CCCc1ccc(OCCCC2CCCCC2)cc1. The molecule has 1 saturated carbocycles. The van der Waals surface area contributed by atoms with Gasteiger partial charge in [-0.25, -0.2) is 0 Å². The van der Waals surface area contributed by atoms with Crippen LogP contribution < -0.4 is 10.5 Å². The van der Waals surface area contributed by atoms with Crippen LogP contribution in [0.1, 0.15) is 70.3 Å². The van der Waals surface area contributed by atoms with Gasteiger partial charge in [0.2, 0.25) is 0 Å². The molecule has 23 heavy (non-hydrogen) atoms. The molecule has 3 nitrogen and oxygen atoms in total. The van der Waals surface area contributed by atoms with Crippen LogP contribution in [-0.2, 0) is 6.42 Å². The number of ether oxygens (including phenoxy) is 1. The highest BCUT2D eigenvalue weighted by Crippen LogP contribution is 2.27. The fourth-order valence-electron chi connectivity index (χ4n) is 3.44.